The van der Waals surface area contributed by atoms with E-state index in [2.05, 4.69) is 36.9 Å². The fourth-order valence-electron chi connectivity index (χ4n) is 4.33. The second kappa shape index (κ2) is 9.18. The Bertz CT molecular complexity index is 750. The summed E-state index contributed by atoms with van der Waals surface area (Å²) in [4.78, 5) is 17.4. The van der Waals surface area contributed by atoms with Crippen molar-refractivity contribution in [3.05, 3.63) is 65.2 Å². The molecule has 0 saturated heterocycles. The van der Waals surface area contributed by atoms with Gasteiger partial charge < -0.3 is 9.80 Å². The van der Waals surface area contributed by atoms with Crippen molar-refractivity contribution in [1.82, 2.24) is 4.90 Å². The largest absolute Gasteiger partial charge is 0.311 e. The highest BCUT2D eigenvalue weighted by Gasteiger charge is 2.26. The molecule has 0 aliphatic heterocycles. The van der Waals surface area contributed by atoms with Crippen molar-refractivity contribution in [2.24, 2.45) is 0 Å². The van der Waals surface area contributed by atoms with Gasteiger partial charge in [-0.1, -0.05) is 44.2 Å². The van der Waals surface area contributed by atoms with Crippen LogP contribution in [0.2, 0.25) is 0 Å². The normalized spacial score (nSPS) is 16.2. The SMILES string of the molecule is CCCN(CCC)C1CCc2c(cccc2N(C)C(=O)c2ccccc2)C1. The van der Waals surface area contributed by atoms with Gasteiger partial charge in [0.15, 0.2) is 0 Å². The average Bonchev–Trinajstić information content (AvgIpc) is 2.72. The highest BCUT2D eigenvalue weighted by molar-refractivity contribution is 6.06. The standard InChI is InChI=1S/C24H32N2O/c1-4-16-26(17-5-2)21-14-15-22-20(18-21)12-9-13-23(22)25(3)24(27)19-10-7-6-8-11-19/h6-13,21H,4-5,14-18H2,1-3H3. The van der Waals surface area contributed by atoms with Gasteiger partial charge in [-0.2, -0.15) is 0 Å². The van der Waals surface area contributed by atoms with E-state index in [9.17, 15) is 4.79 Å². The summed E-state index contributed by atoms with van der Waals surface area (Å²) in [6, 6.07) is 16.6. The van der Waals surface area contributed by atoms with Gasteiger partial charge in [-0.15, -0.1) is 0 Å². The smallest absolute Gasteiger partial charge is 0.258 e. The number of anilines is 1. The molecule has 144 valence electrons. The minimum absolute atomic E-state index is 0.0599. The van der Waals surface area contributed by atoms with Gasteiger partial charge in [-0.25, -0.2) is 0 Å². The van der Waals surface area contributed by atoms with E-state index in [1.54, 1.807) is 0 Å². The van der Waals surface area contributed by atoms with Crippen LogP contribution in [0.3, 0.4) is 0 Å². The molecule has 2 aromatic carbocycles. The number of carbonyl (C=O) groups excluding carboxylic acids is 1. The van der Waals surface area contributed by atoms with Gasteiger partial charge in [-0.05, 0) is 74.5 Å². The maximum absolute atomic E-state index is 12.9. The van der Waals surface area contributed by atoms with Crippen LogP contribution in [0.15, 0.2) is 48.5 Å². The maximum Gasteiger partial charge on any atom is 0.258 e. The second-order valence-corrected chi connectivity index (χ2v) is 7.58. The van der Waals surface area contributed by atoms with Crippen molar-refractivity contribution in [3.8, 4) is 0 Å². The van der Waals surface area contributed by atoms with Crippen LogP contribution in [0, 0.1) is 0 Å². The number of nitrogens with zero attached hydrogens (tertiary/aromatic N) is 2. The molecule has 1 aliphatic carbocycles. The predicted molar refractivity (Wildman–Crippen MR) is 114 cm³/mol. The van der Waals surface area contributed by atoms with Crippen LogP contribution >= 0.6 is 0 Å². The molecule has 3 rings (SSSR count). The molecule has 3 nitrogen and oxygen atoms in total. The number of fused-ring (bicyclic) bond motifs is 1. The number of benzene rings is 2. The lowest BCUT2D eigenvalue weighted by molar-refractivity contribution is 0.0992. The summed E-state index contributed by atoms with van der Waals surface area (Å²) in [5, 5.41) is 0. The van der Waals surface area contributed by atoms with Crippen LogP contribution in [0.25, 0.3) is 0 Å². The van der Waals surface area contributed by atoms with Crippen LogP contribution < -0.4 is 4.90 Å². The van der Waals surface area contributed by atoms with E-state index in [4.69, 9.17) is 0 Å². The van der Waals surface area contributed by atoms with Crippen molar-refractivity contribution >= 4 is 11.6 Å². The molecule has 0 bridgehead atoms. The highest BCUT2D eigenvalue weighted by Crippen LogP contribution is 2.32. The summed E-state index contributed by atoms with van der Waals surface area (Å²) < 4.78 is 0. The summed E-state index contributed by atoms with van der Waals surface area (Å²) in [6.45, 7) is 6.89. The molecular weight excluding hydrogens is 332 g/mol. The Kier molecular flexibility index (Phi) is 6.68. The molecule has 0 spiro atoms. The molecule has 27 heavy (non-hydrogen) atoms. The summed E-state index contributed by atoms with van der Waals surface area (Å²) in [5.41, 5.74) is 4.57. The molecule has 0 fully saturated rings. The lowest BCUT2D eigenvalue weighted by Crippen LogP contribution is -2.40. The predicted octanol–water partition coefficient (Wildman–Crippen LogP) is 4.94. The third-order valence-electron chi connectivity index (χ3n) is 5.66. The third kappa shape index (κ3) is 4.41. The summed E-state index contributed by atoms with van der Waals surface area (Å²) in [7, 11) is 1.90. The molecule has 0 aromatic heterocycles. The molecule has 1 aliphatic rings. The zero-order chi connectivity index (χ0) is 19.2. The molecule has 1 atom stereocenters. The second-order valence-electron chi connectivity index (χ2n) is 7.58. The highest BCUT2D eigenvalue weighted by atomic mass is 16.2. The van der Waals surface area contributed by atoms with E-state index in [0.717, 1.165) is 24.1 Å². The quantitative estimate of drug-likeness (QED) is 0.694. The lowest BCUT2D eigenvalue weighted by Gasteiger charge is -2.36. The average molecular weight is 365 g/mol. The molecule has 2 aromatic rings. The van der Waals surface area contributed by atoms with Crippen molar-refractivity contribution in [2.45, 2.75) is 52.0 Å². The Labute approximate surface area is 164 Å². The van der Waals surface area contributed by atoms with Gasteiger partial charge in [0.05, 0.1) is 0 Å². The zero-order valence-corrected chi connectivity index (χ0v) is 16.9. The van der Waals surface area contributed by atoms with Crippen LogP contribution in [0.5, 0.6) is 0 Å². The van der Waals surface area contributed by atoms with Crippen molar-refractivity contribution in [1.29, 1.82) is 0 Å². The summed E-state index contributed by atoms with van der Waals surface area (Å²) >= 11 is 0. The minimum atomic E-state index is 0.0599. The van der Waals surface area contributed by atoms with Gasteiger partial charge in [0.25, 0.3) is 5.91 Å². The Balaban J connectivity index is 1.82. The Hall–Kier alpha value is -2.13. The van der Waals surface area contributed by atoms with E-state index in [-0.39, 0.29) is 5.91 Å². The third-order valence-corrected chi connectivity index (χ3v) is 5.66. The molecule has 0 heterocycles. The molecule has 0 saturated carbocycles. The molecule has 1 unspecified atom stereocenters. The maximum atomic E-state index is 12.9. The van der Waals surface area contributed by atoms with E-state index >= 15 is 0 Å². The van der Waals surface area contributed by atoms with Crippen LogP contribution in [0.4, 0.5) is 5.69 Å². The Morgan fingerprint density at radius 3 is 2.37 bits per heavy atom. The lowest BCUT2D eigenvalue weighted by atomic mass is 9.86. The first-order chi connectivity index (χ1) is 13.2. The van der Waals surface area contributed by atoms with E-state index in [0.29, 0.717) is 6.04 Å². The van der Waals surface area contributed by atoms with Crippen molar-refractivity contribution < 1.29 is 4.79 Å². The fourth-order valence-corrected chi connectivity index (χ4v) is 4.33. The topological polar surface area (TPSA) is 23.6 Å². The minimum Gasteiger partial charge on any atom is -0.311 e. The molecule has 0 radical (unpaired) electrons. The molecular formula is C24H32N2O. The van der Waals surface area contributed by atoms with Crippen molar-refractivity contribution in [3.63, 3.8) is 0 Å². The van der Waals surface area contributed by atoms with E-state index in [1.165, 1.54) is 43.5 Å². The number of hydrogen-bond acceptors (Lipinski definition) is 2. The first kappa shape index (κ1) is 19.6. The van der Waals surface area contributed by atoms with Gasteiger partial charge in [-0.3, -0.25) is 4.79 Å². The Morgan fingerprint density at radius 1 is 1.00 bits per heavy atom. The number of rotatable bonds is 7. The first-order valence-corrected chi connectivity index (χ1v) is 10.3. The molecule has 1 amide bonds. The van der Waals surface area contributed by atoms with Gasteiger partial charge in [0, 0.05) is 24.3 Å². The number of carbonyl (C=O) groups is 1. The monoisotopic (exact) mass is 364 g/mol. The molecule has 3 heteroatoms. The van der Waals surface area contributed by atoms with E-state index < -0.39 is 0 Å². The first-order valence-electron chi connectivity index (χ1n) is 10.3. The van der Waals surface area contributed by atoms with Gasteiger partial charge in [0.1, 0.15) is 0 Å². The van der Waals surface area contributed by atoms with Crippen LogP contribution in [0.1, 0.15) is 54.6 Å². The summed E-state index contributed by atoms with van der Waals surface area (Å²) in [5.74, 6) is 0.0599. The van der Waals surface area contributed by atoms with Crippen LogP contribution in [-0.2, 0) is 12.8 Å². The van der Waals surface area contributed by atoms with E-state index in [1.807, 2.05) is 42.3 Å². The number of hydrogen-bond donors (Lipinski definition) is 0. The van der Waals surface area contributed by atoms with Crippen LogP contribution in [-0.4, -0.2) is 37.0 Å². The van der Waals surface area contributed by atoms with Crippen molar-refractivity contribution in [2.75, 3.05) is 25.0 Å². The molecule has 0 N–H and O–H groups in total. The number of amides is 1. The van der Waals surface area contributed by atoms with Gasteiger partial charge in [0.2, 0.25) is 0 Å². The summed E-state index contributed by atoms with van der Waals surface area (Å²) in [6.07, 6.45) is 5.73. The van der Waals surface area contributed by atoms with Gasteiger partial charge >= 0.3 is 0 Å². The zero-order valence-electron chi connectivity index (χ0n) is 16.9. The fraction of sp³-hybridized carbons (Fsp3) is 0.458. The Morgan fingerprint density at radius 2 is 1.70 bits per heavy atom.